The number of methoxy groups -OCH3 is 14. The van der Waals surface area contributed by atoms with Gasteiger partial charge < -0.3 is 165 Å². The Balaban J connectivity index is 1.35. The Morgan fingerprint density at radius 1 is 0.168 bits per heavy atom. The molecular formula is C56H91O56S7-7. The second kappa shape index (κ2) is 43.9. The molecule has 35 atom stereocenters. The summed E-state index contributed by atoms with van der Waals surface area (Å²) in [7, 11) is -26.3. The molecule has 0 aliphatic carbocycles. The van der Waals surface area contributed by atoms with Gasteiger partial charge in [-0.1, -0.05) is 0 Å². The van der Waals surface area contributed by atoms with E-state index in [4.69, 9.17) is 162 Å². The molecule has 63 heteroatoms. The first-order valence-electron chi connectivity index (χ1n) is 34.5. The second-order valence-electron chi connectivity index (χ2n) is 26.2. The van der Waals surface area contributed by atoms with Crippen LogP contribution in [0.5, 0.6) is 0 Å². The lowest BCUT2D eigenvalue weighted by Crippen LogP contribution is -2.69. The van der Waals surface area contributed by atoms with Crippen LogP contribution in [-0.4, -0.2) is 452 Å². The van der Waals surface area contributed by atoms with Crippen LogP contribution >= 0.6 is 0 Å². The highest BCUT2D eigenvalue weighted by Crippen LogP contribution is 2.44. The molecule has 0 amide bonds. The average Bonchev–Trinajstić information content (AvgIpc) is 0.798. The Hall–Kier alpha value is -2.03. The molecule has 0 aromatic rings. The van der Waals surface area contributed by atoms with E-state index in [1.807, 2.05) is 0 Å². The highest BCUT2D eigenvalue weighted by Gasteiger charge is 2.63. The molecule has 0 aromatic carbocycles. The van der Waals surface area contributed by atoms with Crippen molar-refractivity contribution in [2.75, 3.05) is 146 Å². The summed E-state index contributed by atoms with van der Waals surface area (Å²) in [5.41, 5.74) is 0. The van der Waals surface area contributed by atoms with Crippen molar-refractivity contribution in [3.05, 3.63) is 0 Å². The summed E-state index contributed by atoms with van der Waals surface area (Å²) in [6, 6.07) is 0. The van der Waals surface area contributed by atoms with Gasteiger partial charge in [-0.3, -0.25) is 29.3 Å². The fourth-order valence-corrected chi connectivity index (χ4v) is 16.9. The molecule has 21 saturated heterocycles. The van der Waals surface area contributed by atoms with E-state index in [-0.39, 0.29) is 0 Å². The van der Waals surface area contributed by atoms with Gasteiger partial charge in [-0.25, -0.2) is 58.9 Å². The van der Waals surface area contributed by atoms with Gasteiger partial charge >= 0.3 is 0 Å². The lowest BCUT2D eigenvalue weighted by molar-refractivity contribution is -0.401. The lowest BCUT2D eigenvalue weighted by atomic mass is 9.94. The molecule has 14 bridgehead atoms. The van der Waals surface area contributed by atoms with Gasteiger partial charge in [0.15, 0.2) is 44.0 Å². The van der Waals surface area contributed by atoms with Crippen LogP contribution in [0.2, 0.25) is 0 Å². The molecule has 0 N–H and O–H groups in total. The normalized spacial score (nSPS) is 41.0. The van der Waals surface area contributed by atoms with Crippen LogP contribution in [0.25, 0.3) is 0 Å². The van der Waals surface area contributed by atoms with Crippen LogP contribution < -0.4 is 0 Å². The molecule has 0 saturated carbocycles. The minimum absolute atomic E-state index is 1.00. The van der Waals surface area contributed by atoms with Gasteiger partial charge in [-0.05, 0) is 0 Å². The Labute approximate surface area is 683 Å². The van der Waals surface area contributed by atoms with Crippen molar-refractivity contribution in [3.8, 4) is 0 Å². The summed E-state index contributed by atoms with van der Waals surface area (Å²) in [6.45, 7) is -9.72. The summed E-state index contributed by atoms with van der Waals surface area (Å²) < 4.78 is 466. The van der Waals surface area contributed by atoms with E-state index in [9.17, 15) is 90.8 Å². The molecule has 21 heterocycles. The Morgan fingerprint density at radius 3 is 0.336 bits per heavy atom. The predicted octanol–water partition coefficient (Wildman–Crippen LogP) is -9.68. The molecule has 21 fully saturated rings. The van der Waals surface area contributed by atoms with Crippen LogP contribution in [0.1, 0.15) is 0 Å². The van der Waals surface area contributed by atoms with E-state index in [0.29, 0.717) is 0 Å². The summed E-state index contributed by atoms with van der Waals surface area (Å²) in [5, 5.41) is 0. The molecule has 0 aromatic heterocycles. The largest absolute Gasteiger partial charge is 0.726 e. The molecule has 0 spiro atoms. The highest BCUT2D eigenvalue weighted by atomic mass is 32.3. The van der Waals surface area contributed by atoms with Gasteiger partial charge in [-0.2, -0.15) is 0 Å². The van der Waals surface area contributed by atoms with Crippen molar-refractivity contribution >= 4 is 72.8 Å². The van der Waals surface area contributed by atoms with Crippen molar-refractivity contribution in [2.45, 2.75) is 215 Å². The van der Waals surface area contributed by atoms with E-state index in [1.165, 1.54) is 0 Å². The van der Waals surface area contributed by atoms with Gasteiger partial charge in [0.2, 0.25) is 72.8 Å². The third-order valence-electron chi connectivity index (χ3n) is 19.6. The molecule has 21 aliphatic heterocycles. The third-order valence-corrected chi connectivity index (χ3v) is 22.6. The highest BCUT2D eigenvalue weighted by molar-refractivity contribution is 7.82. The maximum Gasteiger partial charge on any atom is 0.217 e. The smallest absolute Gasteiger partial charge is 0.217 e. The first kappa shape index (κ1) is 102. The quantitative estimate of drug-likeness (QED) is 0.0420. The van der Waals surface area contributed by atoms with E-state index in [0.717, 1.165) is 99.5 Å². The van der Waals surface area contributed by atoms with Crippen molar-refractivity contribution in [2.24, 2.45) is 0 Å². The maximum atomic E-state index is 12.4. The van der Waals surface area contributed by atoms with Gasteiger partial charge in [-0.15, -0.1) is 0 Å². The van der Waals surface area contributed by atoms with Crippen LogP contribution in [0.4, 0.5) is 0 Å². The van der Waals surface area contributed by atoms with E-state index < -0.39 is 334 Å². The van der Waals surface area contributed by atoms with Crippen LogP contribution in [0.15, 0.2) is 0 Å². The van der Waals surface area contributed by atoms with Crippen molar-refractivity contribution in [1.82, 2.24) is 0 Å². The molecular weight excluding hydrogens is 1790 g/mol. The number of rotatable bonds is 35. The zero-order valence-electron chi connectivity index (χ0n) is 64.9. The average molecular weight is 1880 g/mol. The lowest BCUT2D eigenvalue weighted by Gasteiger charge is -2.52. The van der Waals surface area contributed by atoms with Crippen molar-refractivity contribution in [3.63, 3.8) is 0 Å². The Kier molecular flexibility index (Phi) is 37.7. The van der Waals surface area contributed by atoms with Crippen LogP contribution in [0.3, 0.4) is 0 Å². The minimum atomic E-state index is -5.77. The number of hydrogen-bond donors (Lipinski definition) is 0. The number of ether oxygens (including phenoxy) is 28. The molecule has 700 valence electrons. The second-order valence-corrected chi connectivity index (χ2v) is 33.5. The standard InChI is InChI=1S/C56H98O56S7/c1-78-36-29-22(15-92-113(57,58)59)99-50(43(36)85-8)107-30-23(16-93-114(60,61)62)101-52(45(87-10)37(30)79-2)109-32-25(18-95-116(66,67)68)103-54(47(89-12)39(32)81-4)111-34-27(20-97-118(72,73)74)105-56(49(91-14)41(34)83-6)112-35-28(21-98-119(75,76)77)104-55(48(90-13)42(35)84-7)110-33-26(19-96-117(69,70)71)102-53(46(88-11)40(33)82-5)108-31-24(17-94-115(63,64)65)100-51(106-29)44(86-9)38(31)80-3/h22-56H,15-21H2,1-14H3,(H,57,58,59)(H,60,61,62)(H,63,64,65)(H,66,67,68)(H,69,70,71)(H,72,73,74)(H,75,76,77)/p-7/t22-,23-,24-,25-,26-,27-,28-,29-,30-,31-,32-,33-,34-,35-,36+,37+,38+,39+,40+,41+,42+,43-,44-,45-,46-,47-,48-,49-,50-,51-,52-,53-,54-,55-,56-/m1/s1. The van der Waals surface area contributed by atoms with Crippen LogP contribution in [0, 0.1) is 0 Å². The van der Waals surface area contributed by atoms with Gasteiger partial charge in [0, 0.05) is 99.5 Å². The topological polar surface area (TPSA) is 723 Å². The van der Waals surface area contributed by atoms with Crippen molar-refractivity contribution in [1.29, 1.82) is 0 Å². The van der Waals surface area contributed by atoms with Gasteiger partial charge in [0.05, 0.1) is 46.2 Å². The Morgan fingerprint density at radius 2 is 0.261 bits per heavy atom. The third kappa shape index (κ3) is 27.1. The summed E-state index contributed by atoms with van der Waals surface area (Å²) >= 11 is 0. The maximum absolute atomic E-state index is 12.4. The molecule has 21 aliphatic rings. The molecule has 119 heavy (non-hydrogen) atoms. The zero-order valence-corrected chi connectivity index (χ0v) is 70.6. The van der Waals surface area contributed by atoms with Crippen molar-refractivity contribution < 1.29 is 253 Å². The fraction of sp³-hybridized carbons (Fsp3) is 1.00. The predicted molar refractivity (Wildman–Crippen MR) is 355 cm³/mol. The Bertz CT molecular complexity index is 3280. The van der Waals surface area contributed by atoms with E-state index in [1.54, 1.807) is 0 Å². The van der Waals surface area contributed by atoms with Gasteiger partial charge in [0.25, 0.3) is 0 Å². The van der Waals surface area contributed by atoms with Gasteiger partial charge in [0.1, 0.15) is 171 Å². The van der Waals surface area contributed by atoms with E-state index in [2.05, 4.69) is 0 Å². The van der Waals surface area contributed by atoms with Crippen LogP contribution in [-0.2, 0) is 235 Å². The fourth-order valence-electron chi connectivity index (χ4n) is 14.8. The first-order valence-corrected chi connectivity index (χ1v) is 43.8. The minimum Gasteiger partial charge on any atom is -0.726 e. The summed E-state index contributed by atoms with van der Waals surface area (Å²) in [4.78, 5) is 0. The molecule has 21 rings (SSSR count). The number of hydrogen-bond acceptors (Lipinski definition) is 56. The molecule has 56 nitrogen and oxygen atoms in total. The molecule has 0 unspecified atom stereocenters. The van der Waals surface area contributed by atoms with E-state index >= 15 is 0 Å². The molecule has 0 radical (unpaired) electrons. The monoisotopic (exact) mass is 1880 g/mol. The SMILES string of the molecule is CO[C@@H]1[C@@H](OC)[C@H]2O[C@H]3[C@H](OC)[C@@H](OC)[C@@H](O[C@H]4[C@H](OC)[C@@H](OC)[C@@H](O[C@H]5[C@H](OC)[C@@H](OC)[C@@H](O[C@H]6[C@H](OC)[C@@H](OC)[C@@H](O[C@H]7[C@H](OC)[C@@H](OC)[C@@H](O[C@H]8[C@H](OC)[C@@H](OC)[C@@H](O[C@@H]1[C@@H](COS(=O)(=O)[O-])O2)O[C@@H]8COS(=O)(=O)[O-])O[C@@H]7COS(=O)(=O)[O-])O[C@@H]6COS(=O)(=O)[O-])O[C@@H]5COS(=O)(=O)[O-])O[C@@H]4COS(=O)(=O)[O-])O[C@@H]3COS(=O)(=O)[O-]. The summed E-state index contributed by atoms with van der Waals surface area (Å²) in [6.07, 6.45) is -68.5. The summed E-state index contributed by atoms with van der Waals surface area (Å²) in [5.74, 6) is 0. The zero-order chi connectivity index (χ0) is 88.4. The first-order chi connectivity index (χ1) is 55.7.